The molecule has 0 aliphatic rings. The van der Waals surface area contributed by atoms with Crippen LogP contribution < -0.4 is 5.32 Å². The van der Waals surface area contributed by atoms with Gasteiger partial charge in [-0.3, -0.25) is 0 Å². The molecule has 0 saturated heterocycles. The second-order valence-electron chi connectivity index (χ2n) is 5.01. The molecule has 3 rings (SSSR count). The van der Waals surface area contributed by atoms with E-state index in [4.69, 9.17) is 8.83 Å². The van der Waals surface area contributed by atoms with Gasteiger partial charge in [-0.15, -0.1) is 10.2 Å². The average Bonchev–Trinajstić information content (AvgIpc) is 3.14. The highest BCUT2D eigenvalue weighted by molar-refractivity contribution is 5.91. The monoisotopic (exact) mass is 285 g/mol. The number of nitrogens with zero attached hydrogens (tertiary/aromatic N) is 2. The largest absolute Gasteiger partial charge is 0.463 e. The van der Waals surface area contributed by atoms with Crippen LogP contribution in [0.4, 0.5) is 0 Å². The van der Waals surface area contributed by atoms with Crippen LogP contribution in [-0.4, -0.2) is 16.7 Å². The summed E-state index contributed by atoms with van der Waals surface area (Å²) in [6.45, 7) is 5.17. The van der Waals surface area contributed by atoms with Crippen molar-refractivity contribution in [2.45, 2.75) is 32.7 Å². The molecule has 5 heteroatoms. The Morgan fingerprint density at radius 3 is 2.86 bits per heavy atom. The van der Waals surface area contributed by atoms with Crippen molar-refractivity contribution in [2.75, 3.05) is 6.54 Å². The second kappa shape index (κ2) is 6.10. The second-order valence-corrected chi connectivity index (χ2v) is 5.01. The van der Waals surface area contributed by atoms with E-state index >= 15 is 0 Å². The van der Waals surface area contributed by atoms with E-state index in [1.165, 1.54) is 0 Å². The molecule has 110 valence electrons. The van der Waals surface area contributed by atoms with E-state index in [0.717, 1.165) is 35.9 Å². The van der Waals surface area contributed by atoms with Crippen molar-refractivity contribution >= 4 is 11.0 Å². The maximum absolute atomic E-state index is 5.84. The van der Waals surface area contributed by atoms with E-state index in [1.807, 2.05) is 24.3 Å². The van der Waals surface area contributed by atoms with Crippen LogP contribution in [0.25, 0.3) is 22.4 Å². The van der Waals surface area contributed by atoms with E-state index in [-0.39, 0.29) is 6.04 Å². The van der Waals surface area contributed by atoms with Crippen LogP contribution >= 0.6 is 0 Å². The highest BCUT2D eigenvalue weighted by Crippen LogP contribution is 2.30. The van der Waals surface area contributed by atoms with Crippen LogP contribution in [0.3, 0.4) is 0 Å². The summed E-state index contributed by atoms with van der Waals surface area (Å²) in [7, 11) is 0. The summed E-state index contributed by atoms with van der Waals surface area (Å²) >= 11 is 0. The summed E-state index contributed by atoms with van der Waals surface area (Å²) in [4.78, 5) is 0. The summed E-state index contributed by atoms with van der Waals surface area (Å²) in [6.07, 6.45) is 3.65. The van der Waals surface area contributed by atoms with Crippen LogP contribution in [0, 0.1) is 0 Å². The third kappa shape index (κ3) is 2.69. The molecule has 0 fully saturated rings. The van der Waals surface area contributed by atoms with Gasteiger partial charge in [0.15, 0.2) is 0 Å². The Balaban J connectivity index is 1.90. The summed E-state index contributed by atoms with van der Waals surface area (Å²) in [5.74, 6) is 1.14. The topological polar surface area (TPSA) is 64.1 Å². The van der Waals surface area contributed by atoms with Gasteiger partial charge in [0.25, 0.3) is 5.89 Å². The molecule has 0 aliphatic heterocycles. The zero-order valence-electron chi connectivity index (χ0n) is 12.3. The van der Waals surface area contributed by atoms with E-state index in [2.05, 4.69) is 29.4 Å². The number of furan rings is 1. The predicted octanol–water partition coefficient (Wildman–Crippen LogP) is 3.93. The minimum Gasteiger partial charge on any atom is -0.463 e. The third-order valence-electron chi connectivity index (χ3n) is 3.50. The molecule has 0 saturated carbocycles. The Bertz CT molecular complexity index is 717. The molecule has 0 amide bonds. The lowest BCUT2D eigenvalue weighted by atomic mass is 10.2. The summed E-state index contributed by atoms with van der Waals surface area (Å²) in [5.41, 5.74) is 1.66. The van der Waals surface area contributed by atoms with Crippen LogP contribution in [0.1, 0.15) is 38.6 Å². The van der Waals surface area contributed by atoms with Crippen LogP contribution in [0.5, 0.6) is 0 Å². The van der Waals surface area contributed by atoms with Gasteiger partial charge in [0.2, 0.25) is 5.89 Å². The molecule has 0 radical (unpaired) electrons. The molecule has 0 spiro atoms. The van der Waals surface area contributed by atoms with Gasteiger partial charge in [-0.25, -0.2) is 0 Å². The van der Waals surface area contributed by atoms with Gasteiger partial charge in [0.05, 0.1) is 11.6 Å². The SMILES string of the molecule is CCCNC(CC)c1nnc(-c2coc3ccccc23)o1. The van der Waals surface area contributed by atoms with Gasteiger partial charge in [0, 0.05) is 5.39 Å². The first kappa shape index (κ1) is 13.8. The first-order chi connectivity index (χ1) is 10.3. The standard InChI is InChI=1S/C16H19N3O2/c1-3-9-17-13(4-2)16-19-18-15(21-16)12-10-20-14-8-6-5-7-11(12)14/h5-8,10,13,17H,3-4,9H2,1-2H3. The van der Waals surface area contributed by atoms with Crippen molar-refractivity contribution in [3.05, 3.63) is 36.4 Å². The summed E-state index contributed by atoms with van der Waals surface area (Å²) in [6, 6.07) is 7.93. The van der Waals surface area contributed by atoms with Gasteiger partial charge in [-0.05, 0) is 25.5 Å². The van der Waals surface area contributed by atoms with E-state index in [1.54, 1.807) is 6.26 Å². The van der Waals surface area contributed by atoms with Gasteiger partial charge in [-0.1, -0.05) is 32.0 Å². The molecule has 2 aromatic heterocycles. The van der Waals surface area contributed by atoms with Crippen molar-refractivity contribution in [1.29, 1.82) is 0 Å². The number of hydrogen-bond acceptors (Lipinski definition) is 5. The number of para-hydroxylation sites is 1. The lowest BCUT2D eigenvalue weighted by Gasteiger charge is -2.11. The smallest absolute Gasteiger partial charge is 0.251 e. The predicted molar refractivity (Wildman–Crippen MR) is 80.8 cm³/mol. The lowest BCUT2D eigenvalue weighted by Crippen LogP contribution is -2.21. The number of hydrogen-bond donors (Lipinski definition) is 1. The van der Waals surface area contributed by atoms with Crippen LogP contribution in [0.15, 0.2) is 39.4 Å². The van der Waals surface area contributed by atoms with Crippen molar-refractivity contribution < 1.29 is 8.83 Å². The highest BCUT2D eigenvalue weighted by atomic mass is 16.4. The lowest BCUT2D eigenvalue weighted by molar-refractivity contribution is 0.396. The van der Waals surface area contributed by atoms with Crippen molar-refractivity contribution in [3.63, 3.8) is 0 Å². The molecule has 1 N–H and O–H groups in total. The summed E-state index contributed by atoms with van der Waals surface area (Å²) in [5, 5.41) is 12.8. The molecule has 0 aliphatic carbocycles. The fourth-order valence-corrected chi connectivity index (χ4v) is 2.35. The molecule has 0 bridgehead atoms. The van der Waals surface area contributed by atoms with Gasteiger partial charge >= 0.3 is 0 Å². The maximum Gasteiger partial charge on any atom is 0.251 e. The van der Waals surface area contributed by atoms with Gasteiger partial charge in [0.1, 0.15) is 11.8 Å². The normalized spacial score (nSPS) is 12.9. The molecule has 1 unspecified atom stereocenters. The molecular formula is C16H19N3O2. The van der Waals surface area contributed by atoms with Crippen LogP contribution in [0.2, 0.25) is 0 Å². The van der Waals surface area contributed by atoms with Crippen molar-refractivity contribution in [2.24, 2.45) is 0 Å². The number of benzene rings is 1. The fourth-order valence-electron chi connectivity index (χ4n) is 2.35. The quantitative estimate of drug-likeness (QED) is 0.743. The third-order valence-corrected chi connectivity index (χ3v) is 3.50. The number of rotatable bonds is 6. The molecule has 5 nitrogen and oxygen atoms in total. The number of nitrogens with one attached hydrogen (secondary N) is 1. The van der Waals surface area contributed by atoms with Crippen LogP contribution in [-0.2, 0) is 0 Å². The highest BCUT2D eigenvalue weighted by Gasteiger charge is 2.19. The van der Waals surface area contributed by atoms with E-state index in [0.29, 0.717) is 11.8 Å². The maximum atomic E-state index is 5.84. The Kier molecular flexibility index (Phi) is 4.01. The average molecular weight is 285 g/mol. The first-order valence-electron chi connectivity index (χ1n) is 7.36. The molecule has 3 aromatic rings. The summed E-state index contributed by atoms with van der Waals surface area (Å²) < 4.78 is 11.4. The van der Waals surface area contributed by atoms with Crippen molar-refractivity contribution in [1.82, 2.24) is 15.5 Å². The molecule has 1 atom stereocenters. The number of aromatic nitrogens is 2. The Morgan fingerprint density at radius 1 is 1.19 bits per heavy atom. The van der Waals surface area contributed by atoms with E-state index in [9.17, 15) is 0 Å². The zero-order valence-corrected chi connectivity index (χ0v) is 12.3. The molecular weight excluding hydrogens is 266 g/mol. The van der Waals surface area contributed by atoms with Gasteiger partial charge < -0.3 is 14.2 Å². The molecule has 2 heterocycles. The Labute approximate surface area is 123 Å². The number of fused-ring (bicyclic) bond motifs is 1. The minimum absolute atomic E-state index is 0.101. The van der Waals surface area contributed by atoms with Gasteiger partial charge in [-0.2, -0.15) is 0 Å². The van der Waals surface area contributed by atoms with E-state index < -0.39 is 0 Å². The van der Waals surface area contributed by atoms with Crippen molar-refractivity contribution in [3.8, 4) is 11.5 Å². The minimum atomic E-state index is 0.101. The Hall–Kier alpha value is -2.14. The fraction of sp³-hybridized carbons (Fsp3) is 0.375. The molecule has 1 aromatic carbocycles. The first-order valence-corrected chi connectivity index (χ1v) is 7.36. The Morgan fingerprint density at radius 2 is 2.05 bits per heavy atom. The molecule has 21 heavy (non-hydrogen) atoms. The zero-order chi connectivity index (χ0) is 14.7.